The van der Waals surface area contributed by atoms with Crippen molar-refractivity contribution in [1.29, 1.82) is 0 Å². The van der Waals surface area contributed by atoms with Crippen LogP contribution in [0.25, 0.3) is 0 Å². The van der Waals surface area contributed by atoms with Gasteiger partial charge < -0.3 is 24.6 Å². The van der Waals surface area contributed by atoms with Crippen LogP contribution in [-0.4, -0.2) is 104 Å². The number of carbonyl (C=O) groups is 1. The van der Waals surface area contributed by atoms with Crippen LogP contribution < -0.4 is 5.32 Å². The molecule has 3 saturated heterocycles. The number of ether oxygens (including phenoxy) is 2. The molecule has 27 heavy (non-hydrogen) atoms. The zero-order chi connectivity index (χ0) is 18.4. The first-order valence-electron chi connectivity index (χ1n) is 10.0. The molecule has 1 N–H and O–H groups in total. The number of hydrogen-bond acceptors (Lipinski definition) is 5. The summed E-state index contributed by atoms with van der Waals surface area (Å²) < 4.78 is 11.1. The van der Waals surface area contributed by atoms with Gasteiger partial charge in [0.25, 0.3) is 0 Å². The number of fused-ring (bicyclic) bond motifs is 1. The monoisotopic (exact) mass is 495 g/mol. The lowest BCUT2D eigenvalue weighted by Gasteiger charge is -2.37. The lowest BCUT2D eigenvalue weighted by atomic mass is 10.2. The van der Waals surface area contributed by atoms with Crippen molar-refractivity contribution in [3.05, 3.63) is 0 Å². The second kappa shape index (κ2) is 11.3. The molecular formula is C18H34IN5O3. The summed E-state index contributed by atoms with van der Waals surface area (Å²) in [4.78, 5) is 23.2. The number of nitrogens with one attached hydrogen (secondary N) is 1. The highest BCUT2D eigenvalue weighted by molar-refractivity contribution is 14.0. The standard InChI is InChI=1S/C18H33N5O3.HI/c1-3-19-17(21-8-10-22(11-9-21)18(24)25-4-2)20-12-16-13-23-7-5-6-15(23)14-26-16;/h15-16H,3-14H2,1-2H3,(H,19,20);1H. The minimum Gasteiger partial charge on any atom is -0.450 e. The molecular weight excluding hydrogens is 461 g/mol. The normalized spacial score (nSPS) is 26.4. The maximum Gasteiger partial charge on any atom is 0.409 e. The van der Waals surface area contributed by atoms with Gasteiger partial charge in [-0.3, -0.25) is 9.89 Å². The van der Waals surface area contributed by atoms with Gasteiger partial charge in [0.05, 0.1) is 25.9 Å². The van der Waals surface area contributed by atoms with Crippen molar-refractivity contribution in [3.8, 4) is 0 Å². The largest absolute Gasteiger partial charge is 0.450 e. The zero-order valence-corrected chi connectivity index (χ0v) is 18.9. The summed E-state index contributed by atoms with van der Waals surface area (Å²) in [6.07, 6.45) is 2.52. The first-order valence-corrected chi connectivity index (χ1v) is 10.0. The molecule has 0 radical (unpaired) electrons. The highest BCUT2D eigenvalue weighted by Crippen LogP contribution is 2.22. The summed E-state index contributed by atoms with van der Waals surface area (Å²) in [5.74, 6) is 0.920. The van der Waals surface area contributed by atoms with Gasteiger partial charge in [-0.25, -0.2) is 4.79 Å². The van der Waals surface area contributed by atoms with Crippen molar-refractivity contribution in [2.24, 2.45) is 4.99 Å². The van der Waals surface area contributed by atoms with Crippen LogP contribution >= 0.6 is 24.0 Å². The van der Waals surface area contributed by atoms with Crippen molar-refractivity contribution < 1.29 is 14.3 Å². The quantitative estimate of drug-likeness (QED) is 0.359. The van der Waals surface area contributed by atoms with Crippen LogP contribution in [-0.2, 0) is 9.47 Å². The number of hydrogen-bond donors (Lipinski definition) is 1. The van der Waals surface area contributed by atoms with E-state index in [1.165, 1.54) is 19.4 Å². The van der Waals surface area contributed by atoms with Gasteiger partial charge in [0.2, 0.25) is 0 Å². The third-order valence-electron chi connectivity index (χ3n) is 5.35. The van der Waals surface area contributed by atoms with Gasteiger partial charge in [0.15, 0.2) is 5.96 Å². The molecule has 0 aromatic carbocycles. The van der Waals surface area contributed by atoms with Gasteiger partial charge in [-0.1, -0.05) is 0 Å². The van der Waals surface area contributed by atoms with Gasteiger partial charge in [-0.15, -0.1) is 24.0 Å². The molecule has 3 aliphatic rings. The second-order valence-electron chi connectivity index (χ2n) is 7.11. The fourth-order valence-electron chi connectivity index (χ4n) is 3.93. The lowest BCUT2D eigenvalue weighted by Crippen LogP contribution is -2.54. The Morgan fingerprint density at radius 2 is 1.93 bits per heavy atom. The molecule has 9 heteroatoms. The number of piperazine rings is 1. The number of carbonyl (C=O) groups excluding carboxylic acids is 1. The summed E-state index contributed by atoms with van der Waals surface area (Å²) >= 11 is 0. The topological polar surface area (TPSA) is 69.6 Å². The van der Waals surface area contributed by atoms with E-state index in [0.717, 1.165) is 38.7 Å². The SMILES string of the molecule is CCNC(=NCC1CN2CCCC2CO1)N1CCN(C(=O)OCC)CC1.I. The van der Waals surface area contributed by atoms with Crippen molar-refractivity contribution >= 4 is 36.0 Å². The highest BCUT2D eigenvalue weighted by atomic mass is 127. The predicted molar refractivity (Wildman–Crippen MR) is 116 cm³/mol. The number of guanidine groups is 1. The van der Waals surface area contributed by atoms with E-state index < -0.39 is 0 Å². The molecule has 3 fully saturated rings. The van der Waals surface area contributed by atoms with E-state index in [-0.39, 0.29) is 36.2 Å². The molecule has 1 amide bonds. The lowest BCUT2D eigenvalue weighted by molar-refractivity contribution is -0.0433. The maximum absolute atomic E-state index is 11.8. The Morgan fingerprint density at radius 1 is 1.19 bits per heavy atom. The molecule has 0 aromatic rings. The van der Waals surface area contributed by atoms with E-state index in [9.17, 15) is 4.79 Å². The van der Waals surface area contributed by atoms with Gasteiger partial charge in [0.1, 0.15) is 0 Å². The van der Waals surface area contributed by atoms with Crippen molar-refractivity contribution in [1.82, 2.24) is 20.0 Å². The van der Waals surface area contributed by atoms with Crippen molar-refractivity contribution in [2.45, 2.75) is 38.8 Å². The van der Waals surface area contributed by atoms with Crippen LogP contribution in [0.5, 0.6) is 0 Å². The predicted octanol–water partition coefficient (Wildman–Crippen LogP) is 1.21. The Bertz CT molecular complexity index is 499. The molecule has 0 bridgehead atoms. The van der Waals surface area contributed by atoms with Gasteiger partial charge in [0, 0.05) is 45.3 Å². The molecule has 2 atom stereocenters. The summed E-state index contributed by atoms with van der Waals surface area (Å²) in [6.45, 7) is 11.7. The maximum atomic E-state index is 11.8. The van der Waals surface area contributed by atoms with E-state index in [4.69, 9.17) is 14.5 Å². The van der Waals surface area contributed by atoms with Crippen LogP contribution in [0.3, 0.4) is 0 Å². The van der Waals surface area contributed by atoms with E-state index in [2.05, 4.69) is 22.0 Å². The van der Waals surface area contributed by atoms with Gasteiger partial charge in [-0.05, 0) is 33.2 Å². The molecule has 0 aromatic heterocycles. The average molecular weight is 495 g/mol. The summed E-state index contributed by atoms with van der Waals surface area (Å²) in [5, 5.41) is 3.38. The Morgan fingerprint density at radius 3 is 2.63 bits per heavy atom. The fraction of sp³-hybridized carbons (Fsp3) is 0.889. The molecule has 0 aliphatic carbocycles. The van der Waals surface area contributed by atoms with E-state index in [1.54, 1.807) is 4.90 Å². The van der Waals surface area contributed by atoms with Gasteiger partial charge in [-0.2, -0.15) is 0 Å². The van der Waals surface area contributed by atoms with Crippen LogP contribution in [0.1, 0.15) is 26.7 Å². The number of amides is 1. The first-order chi connectivity index (χ1) is 12.7. The van der Waals surface area contributed by atoms with Crippen LogP contribution in [0, 0.1) is 0 Å². The van der Waals surface area contributed by atoms with E-state index in [0.29, 0.717) is 32.3 Å². The summed E-state index contributed by atoms with van der Waals surface area (Å²) in [7, 11) is 0. The van der Waals surface area contributed by atoms with Crippen LogP contribution in [0.4, 0.5) is 4.79 Å². The smallest absolute Gasteiger partial charge is 0.409 e. The van der Waals surface area contributed by atoms with Crippen molar-refractivity contribution in [3.63, 3.8) is 0 Å². The molecule has 2 unspecified atom stereocenters. The Labute approximate surface area is 179 Å². The van der Waals surface area contributed by atoms with Crippen molar-refractivity contribution in [2.75, 3.05) is 65.6 Å². The third-order valence-corrected chi connectivity index (χ3v) is 5.35. The Hall–Kier alpha value is -0.810. The fourth-order valence-corrected chi connectivity index (χ4v) is 3.93. The van der Waals surface area contributed by atoms with Gasteiger partial charge >= 0.3 is 6.09 Å². The molecule has 156 valence electrons. The number of nitrogens with zero attached hydrogens (tertiary/aromatic N) is 4. The third kappa shape index (κ3) is 6.08. The number of rotatable bonds is 4. The number of halogens is 1. The molecule has 0 spiro atoms. The van der Waals surface area contributed by atoms with Crippen LogP contribution in [0.2, 0.25) is 0 Å². The Balaban J connectivity index is 0.00000261. The summed E-state index contributed by atoms with van der Waals surface area (Å²) in [5.41, 5.74) is 0. The molecule has 3 rings (SSSR count). The Kier molecular flexibility index (Phi) is 9.37. The molecule has 3 aliphatic heterocycles. The second-order valence-corrected chi connectivity index (χ2v) is 7.11. The molecule has 3 heterocycles. The minimum atomic E-state index is -0.218. The van der Waals surface area contributed by atoms with Crippen LogP contribution in [0.15, 0.2) is 4.99 Å². The summed E-state index contributed by atoms with van der Waals surface area (Å²) in [6, 6.07) is 0.624. The average Bonchev–Trinajstić information content (AvgIpc) is 3.13. The highest BCUT2D eigenvalue weighted by Gasteiger charge is 2.32. The molecule has 8 nitrogen and oxygen atoms in total. The number of morpholine rings is 1. The number of aliphatic imine (C=N–C) groups is 1. The zero-order valence-electron chi connectivity index (χ0n) is 16.6. The molecule has 0 saturated carbocycles. The van der Waals surface area contributed by atoms with E-state index in [1.807, 2.05) is 6.92 Å². The minimum absolute atomic E-state index is 0. The first kappa shape index (κ1) is 22.5. The van der Waals surface area contributed by atoms with E-state index >= 15 is 0 Å².